The fraction of sp³-hybridized carbons (Fsp3) is 0.150. The highest BCUT2D eigenvalue weighted by molar-refractivity contribution is 7.71. The number of aryl methyl sites for hydroxylation is 1. The zero-order valence-corrected chi connectivity index (χ0v) is 19.0. The minimum absolute atomic E-state index is 0.322. The molecule has 0 aliphatic heterocycles. The lowest BCUT2D eigenvalue weighted by atomic mass is 10.2. The summed E-state index contributed by atoms with van der Waals surface area (Å²) in [6.45, 7) is 3.45. The van der Waals surface area contributed by atoms with E-state index in [4.69, 9.17) is 12.2 Å². The van der Waals surface area contributed by atoms with Crippen molar-refractivity contribution >= 4 is 46.7 Å². The Balaban J connectivity index is 1.46. The van der Waals surface area contributed by atoms with Gasteiger partial charge in [0.15, 0.2) is 10.6 Å². The van der Waals surface area contributed by atoms with Gasteiger partial charge in [-0.2, -0.15) is 5.10 Å². The number of carbonyl (C=O) groups excluding carboxylic acids is 2. The van der Waals surface area contributed by atoms with Crippen LogP contribution in [0.15, 0.2) is 47.8 Å². The minimum atomic E-state index is -0.689. The van der Waals surface area contributed by atoms with Gasteiger partial charge in [-0.15, -0.1) is 22.7 Å². The van der Waals surface area contributed by atoms with E-state index in [-0.39, 0.29) is 0 Å². The van der Waals surface area contributed by atoms with Gasteiger partial charge in [0.2, 0.25) is 0 Å². The predicted octanol–water partition coefficient (Wildman–Crippen LogP) is 4.12. The van der Waals surface area contributed by atoms with Crippen molar-refractivity contribution < 1.29 is 9.59 Å². The number of hydrogen-bond acceptors (Lipinski definition) is 7. The van der Waals surface area contributed by atoms with Gasteiger partial charge < -0.3 is 0 Å². The van der Waals surface area contributed by atoms with Crippen molar-refractivity contribution in [3.8, 4) is 21.3 Å². The molecule has 1 unspecified atom stereocenters. The highest BCUT2D eigenvalue weighted by Gasteiger charge is 2.23. The standard InChI is InChI=1S/C20H18N6O2S3/c1-11-15(31-19(21-11)13-7-4-3-5-8-13)18(28)24-23-17(27)12(2)26-16(22-25-20(26)29)14-9-6-10-30-14/h3-10,12H,1-2H3,(H,23,27)(H,24,28)(H,25,29). The van der Waals surface area contributed by atoms with E-state index in [0.29, 0.717) is 21.2 Å². The van der Waals surface area contributed by atoms with Crippen molar-refractivity contribution in [3.05, 3.63) is 63.2 Å². The molecular weight excluding hydrogens is 452 g/mol. The van der Waals surface area contributed by atoms with Crippen LogP contribution in [0.4, 0.5) is 0 Å². The molecule has 4 aromatic rings. The summed E-state index contributed by atoms with van der Waals surface area (Å²) in [7, 11) is 0. The Kier molecular flexibility index (Phi) is 6.07. The van der Waals surface area contributed by atoms with Gasteiger partial charge in [-0.05, 0) is 37.5 Å². The summed E-state index contributed by atoms with van der Waals surface area (Å²) in [6.07, 6.45) is 0. The normalized spacial score (nSPS) is 11.8. The lowest BCUT2D eigenvalue weighted by Gasteiger charge is -2.15. The van der Waals surface area contributed by atoms with Crippen LogP contribution in [0, 0.1) is 11.7 Å². The summed E-state index contributed by atoms with van der Waals surface area (Å²) in [5, 5.41) is 9.62. The minimum Gasteiger partial charge on any atom is -0.287 e. The van der Waals surface area contributed by atoms with Crippen LogP contribution in [-0.2, 0) is 4.79 Å². The quantitative estimate of drug-likeness (QED) is 0.301. The summed E-state index contributed by atoms with van der Waals surface area (Å²) < 4.78 is 1.94. The van der Waals surface area contributed by atoms with Crippen molar-refractivity contribution in [2.75, 3.05) is 0 Å². The van der Waals surface area contributed by atoms with Gasteiger partial charge in [-0.1, -0.05) is 36.4 Å². The number of aromatic nitrogens is 4. The predicted molar refractivity (Wildman–Crippen MR) is 123 cm³/mol. The van der Waals surface area contributed by atoms with Gasteiger partial charge in [0, 0.05) is 5.56 Å². The number of carbonyl (C=O) groups is 2. The molecule has 0 saturated heterocycles. The maximum Gasteiger partial charge on any atom is 0.281 e. The number of benzene rings is 1. The van der Waals surface area contributed by atoms with E-state index in [2.05, 4.69) is 26.0 Å². The zero-order chi connectivity index (χ0) is 22.0. The van der Waals surface area contributed by atoms with E-state index in [1.54, 1.807) is 18.4 Å². The number of hydrazine groups is 1. The van der Waals surface area contributed by atoms with E-state index in [0.717, 1.165) is 15.4 Å². The Bertz CT molecular complexity index is 1270. The summed E-state index contributed by atoms with van der Waals surface area (Å²) in [6, 6.07) is 12.7. The number of nitrogens with one attached hydrogen (secondary N) is 3. The third-order valence-electron chi connectivity index (χ3n) is 4.54. The molecule has 31 heavy (non-hydrogen) atoms. The van der Waals surface area contributed by atoms with Gasteiger partial charge in [-0.25, -0.2) is 4.98 Å². The summed E-state index contributed by atoms with van der Waals surface area (Å²) in [5.74, 6) is -0.277. The Morgan fingerprint density at radius 3 is 2.65 bits per heavy atom. The number of rotatable bonds is 5. The van der Waals surface area contributed by atoms with Crippen molar-refractivity contribution in [2.45, 2.75) is 19.9 Å². The molecule has 1 atom stereocenters. The van der Waals surface area contributed by atoms with Gasteiger partial charge in [0.25, 0.3) is 11.8 Å². The smallest absolute Gasteiger partial charge is 0.281 e. The molecule has 0 fully saturated rings. The topological polar surface area (TPSA) is 105 Å². The zero-order valence-electron chi connectivity index (χ0n) is 16.6. The highest BCUT2D eigenvalue weighted by Crippen LogP contribution is 2.28. The first kappa shape index (κ1) is 21.1. The third kappa shape index (κ3) is 4.33. The molecule has 0 spiro atoms. The van der Waals surface area contributed by atoms with Crippen LogP contribution >= 0.6 is 34.9 Å². The second-order valence-electron chi connectivity index (χ2n) is 6.62. The maximum absolute atomic E-state index is 12.7. The van der Waals surface area contributed by atoms with Crippen LogP contribution in [0.1, 0.15) is 28.3 Å². The van der Waals surface area contributed by atoms with Crippen LogP contribution < -0.4 is 10.9 Å². The molecule has 3 heterocycles. The molecule has 8 nitrogen and oxygen atoms in total. The van der Waals surface area contributed by atoms with Crippen LogP contribution in [0.3, 0.4) is 0 Å². The van der Waals surface area contributed by atoms with Gasteiger partial charge >= 0.3 is 0 Å². The monoisotopic (exact) mass is 470 g/mol. The largest absolute Gasteiger partial charge is 0.287 e. The van der Waals surface area contributed by atoms with Crippen molar-refractivity contribution in [1.82, 2.24) is 30.6 Å². The second-order valence-corrected chi connectivity index (χ2v) is 8.95. The second kappa shape index (κ2) is 8.92. The van der Waals surface area contributed by atoms with Crippen molar-refractivity contribution in [1.29, 1.82) is 0 Å². The Labute approximate surface area is 191 Å². The molecule has 0 bridgehead atoms. The van der Waals surface area contributed by atoms with E-state index in [1.807, 2.05) is 47.8 Å². The molecule has 1 aromatic carbocycles. The average molecular weight is 471 g/mol. The molecule has 0 aliphatic rings. The third-order valence-corrected chi connectivity index (χ3v) is 6.89. The fourth-order valence-corrected chi connectivity index (χ4v) is 4.92. The number of thiophene rings is 1. The van der Waals surface area contributed by atoms with Gasteiger partial charge in [-0.3, -0.25) is 30.1 Å². The molecule has 0 saturated carbocycles. The summed E-state index contributed by atoms with van der Waals surface area (Å²) in [5.41, 5.74) is 6.49. The fourth-order valence-electron chi connectivity index (χ4n) is 2.95. The van der Waals surface area contributed by atoms with Crippen LogP contribution in [0.5, 0.6) is 0 Å². The maximum atomic E-state index is 12.7. The van der Waals surface area contributed by atoms with E-state index in [9.17, 15) is 9.59 Å². The van der Waals surface area contributed by atoms with Crippen LogP contribution in [0.25, 0.3) is 21.3 Å². The molecule has 3 N–H and O–H groups in total. The number of H-pyrrole nitrogens is 1. The van der Waals surface area contributed by atoms with Gasteiger partial charge in [0.1, 0.15) is 15.9 Å². The van der Waals surface area contributed by atoms with Crippen LogP contribution in [-0.4, -0.2) is 31.6 Å². The lowest BCUT2D eigenvalue weighted by Crippen LogP contribution is -2.44. The average Bonchev–Trinajstić information content (AvgIpc) is 3.51. The van der Waals surface area contributed by atoms with Crippen molar-refractivity contribution in [2.24, 2.45) is 0 Å². The Morgan fingerprint density at radius 1 is 1.16 bits per heavy atom. The number of thiazole rings is 1. The van der Waals surface area contributed by atoms with Gasteiger partial charge in [0.05, 0.1) is 10.6 Å². The Morgan fingerprint density at radius 2 is 1.94 bits per heavy atom. The number of hydrogen-bond donors (Lipinski definition) is 3. The van der Waals surface area contributed by atoms with Crippen LogP contribution in [0.2, 0.25) is 0 Å². The number of nitrogens with zero attached hydrogens (tertiary/aromatic N) is 3. The molecule has 2 amide bonds. The highest BCUT2D eigenvalue weighted by atomic mass is 32.1. The molecular formula is C20H18N6O2S3. The first-order chi connectivity index (χ1) is 15.0. The first-order valence-corrected chi connectivity index (χ1v) is 11.4. The van der Waals surface area contributed by atoms with E-state index < -0.39 is 17.9 Å². The van der Waals surface area contributed by atoms with Crippen molar-refractivity contribution in [3.63, 3.8) is 0 Å². The SMILES string of the molecule is Cc1nc(-c2ccccc2)sc1C(=O)NNC(=O)C(C)n1c(-c2cccs2)n[nH]c1=S. The first-order valence-electron chi connectivity index (χ1n) is 9.29. The lowest BCUT2D eigenvalue weighted by molar-refractivity contribution is -0.124. The summed E-state index contributed by atoms with van der Waals surface area (Å²) in [4.78, 5) is 31.2. The molecule has 0 aliphatic carbocycles. The summed E-state index contributed by atoms with van der Waals surface area (Å²) >= 11 is 8.06. The molecule has 158 valence electrons. The number of aromatic amines is 1. The molecule has 3 aromatic heterocycles. The van der Waals surface area contributed by atoms with E-state index >= 15 is 0 Å². The molecule has 11 heteroatoms. The molecule has 0 radical (unpaired) electrons. The number of amides is 2. The Hall–Kier alpha value is -3.15. The molecule has 4 rings (SSSR count). The van der Waals surface area contributed by atoms with E-state index in [1.165, 1.54) is 22.7 Å².